The molecule has 18 heavy (non-hydrogen) atoms. The highest BCUT2D eigenvalue weighted by molar-refractivity contribution is 5.37. The second-order valence-corrected chi connectivity index (χ2v) is 5.75. The molecule has 3 heteroatoms. The molecule has 2 aliphatic rings. The van der Waals surface area contributed by atoms with Crippen LogP contribution in [-0.2, 0) is 17.8 Å². The van der Waals surface area contributed by atoms with Crippen molar-refractivity contribution in [3.8, 4) is 5.75 Å². The number of fused-ring (bicyclic) bond motifs is 1. The lowest BCUT2D eigenvalue weighted by molar-refractivity contribution is 0.000298. The summed E-state index contributed by atoms with van der Waals surface area (Å²) in [6, 6.07) is 6.45. The number of nitrogens with one attached hydrogen (secondary N) is 1. The van der Waals surface area contributed by atoms with Crippen LogP contribution in [0.1, 0.15) is 30.9 Å². The van der Waals surface area contributed by atoms with Crippen molar-refractivity contribution < 1.29 is 9.47 Å². The second-order valence-electron chi connectivity index (χ2n) is 5.75. The fourth-order valence-corrected chi connectivity index (χ4v) is 2.63. The number of hydrogen-bond acceptors (Lipinski definition) is 3. The molecular formula is C15H21NO2. The van der Waals surface area contributed by atoms with Crippen molar-refractivity contribution >= 4 is 0 Å². The first-order chi connectivity index (χ1) is 8.75. The van der Waals surface area contributed by atoms with Crippen molar-refractivity contribution in [1.29, 1.82) is 0 Å². The summed E-state index contributed by atoms with van der Waals surface area (Å²) in [4.78, 5) is 0. The SMILES string of the molecule is CC1(COc2ccc3c(c2)CNC3)CCOCC1. The van der Waals surface area contributed by atoms with Crippen LogP contribution in [0.4, 0.5) is 0 Å². The van der Waals surface area contributed by atoms with E-state index in [-0.39, 0.29) is 5.41 Å². The first-order valence-electron chi connectivity index (χ1n) is 6.78. The van der Waals surface area contributed by atoms with E-state index in [1.54, 1.807) is 0 Å². The van der Waals surface area contributed by atoms with Gasteiger partial charge < -0.3 is 14.8 Å². The van der Waals surface area contributed by atoms with E-state index in [2.05, 4.69) is 30.4 Å². The average Bonchev–Trinajstić information content (AvgIpc) is 2.85. The summed E-state index contributed by atoms with van der Waals surface area (Å²) in [6.07, 6.45) is 2.19. The predicted molar refractivity (Wildman–Crippen MR) is 70.6 cm³/mol. The summed E-state index contributed by atoms with van der Waals surface area (Å²) in [5, 5.41) is 3.36. The average molecular weight is 247 g/mol. The van der Waals surface area contributed by atoms with Gasteiger partial charge in [-0.15, -0.1) is 0 Å². The maximum Gasteiger partial charge on any atom is 0.119 e. The molecule has 1 N–H and O–H groups in total. The molecular weight excluding hydrogens is 226 g/mol. The molecule has 1 aromatic rings. The van der Waals surface area contributed by atoms with Crippen molar-refractivity contribution in [1.82, 2.24) is 5.32 Å². The minimum absolute atomic E-state index is 0.273. The third-order valence-electron chi connectivity index (χ3n) is 4.10. The molecule has 1 fully saturated rings. The lowest BCUT2D eigenvalue weighted by Gasteiger charge is -2.33. The zero-order valence-electron chi connectivity index (χ0n) is 11.0. The maximum absolute atomic E-state index is 5.99. The smallest absolute Gasteiger partial charge is 0.119 e. The Morgan fingerprint density at radius 2 is 2.00 bits per heavy atom. The van der Waals surface area contributed by atoms with Crippen molar-refractivity contribution in [2.24, 2.45) is 5.41 Å². The van der Waals surface area contributed by atoms with Crippen LogP contribution in [0.2, 0.25) is 0 Å². The minimum Gasteiger partial charge on any atom is -0.493 e. The molecule has 0 unspecified atom stereocenters. The number of hydrogen-bond donors (Lipinski definition) is 1. The Balaban J connectivity index is 1.62. The molecule has 0 atom stereocenters. The second kappa shape index (κ2) is 4.90. The standard InChI is InChI=1S/C15H21NO2/c1-15(4-6-17-7-5-15)11-18-14-3-2-12-9-16-10-13(12)8-14/h2-3,8,16H,4-7,9-11H2,1H3. The first-order valence-corrected chi connectivity index (χ1v) is 6.78. The van der Waals surface area contributed by atoms with Gasteiger partial charge in [0.1, 0.15) is 5.75 Å². The van der Waals surface area contributed by atoms with Gasteiger partial charge >= 0.3 is 0 Å². The number of rotatable bonds is 3. The summed E-state index contributed by atoms with van der Waals surface area (Å²) >= 11 is 0. The van der Waals surface area contributed by atoms with E-state index in [0.717, 1.165) is 51.5 Å². The molecule has 2 heterocycles. The van der Waals surface area contributed by atoms with E-state index >= 15 is 0 Å². The van der Waals surface area contributed by atoms with Gasteiger partial charge in [0.25, 0.3) is 0 Å². The number of ether oxygens (including phenoxy) is 2. The van der Waals surface area contributed by atoms with Crippen LogP contribution >= 0.6 is 0 Å². The summed E-state index contributed by atoms with van der Waals surface area (Å²) in [5.41, 5.74) is 3.06. The molecule has 0 amide bonds. The molecule has 0 radical (unpaired) electrons. The summed E-state index contributed by atoms with van der Waals surface area (Å²) in [5.74, 6) is 1.00. The molecule has 0 bridgehead atoms. The molecule has 3 rings (SSSR count). The van der Waals surface area contributed by atoms with Crippen molar-refractivity contribution in [2.75, 3.05) is 19.8 Å². The highest BCUT2D eigenvalue weighted by atomic mass is 16.5. The summed E-state index contributed by atoms with van der Waals surface area (Å²) < 4.78 is 11.4. The highest BCUT2D eigenvalue weighted by Crippen LogP contribution is 2.31. The van der Waals surface area contributed by atoms with Crippen LogP contribution < -0.4 is 10.1 Å². The van der Waals surface area contributed by atoms with E-state index in [0.29, 0.717) is 0 Å². The molecule has 2 aliphatic heterocycles. The van der Waals surface area contributed by atoms with Crippen LogP contribution in [0.3, 0.4) is 0 Å². The van der Waals surface area contributed by atoms with Gasteiger partial charge in [-0.25, -0.2) is 0 Å². The zero-order valence-corrected chi connectivity index (χ0v) is 11.0. The highest BCUT2D eigenvalue weighted by Gasteiger charge is 2.28. The van der Waals surface area contributed by atoms with Crippen molar-refractivity contribution in [3.63, 3.8) is 0 Å². The van der Waals surface area contributed by atoms with Gasteiger partial charge in [-0.1, -0.05) is 13.0 Å². The topological polar surface area (TPSA) is 30.5 Å². The van der Waals surface area contributed by atoms with Gasteiger partial charge in [0.2, 0.25) is 0 Å². The number of benzene rings is 1. The van der Waals surface area contributed by atoms with E-state index in [1.807, 2.05) is 0 Å². The zero-order chi connectivity index (χ0) is 12.4. The monoisotopic (exact) mass is 247 g/mol. The quantitative estimate of drug-likeness (QED) is 0.890. The Kier molecular flexibility index (Phi) is 3.27. The molecule has 1 aromatic carbocycles. The van der Waals surface area contributed by atoms with Gasteiger partial charge in [0, 0.05) is 31.7 Å². The first kappa shape index (κ1) is 12.0. The predicted octanol–water partition coefficient (Wildman–Crippen LogP) is 2.49. The van der Waals surface area contributed by atoms with Gasteiger partial charge in [-0.05, 0) is 36.1 Å². The van der Waals surface area contributed by atoms with Gasteiger partial charge in [-0.3, -0.25) is 0 Å². The van der Waals surface area contributed by atoms with E-state index in [4.69, 9.17) is 9.47 Å². The Hall–Kier alpha value is -1.06. The van der Waals surface area contributed by atoms with Crippen LogP contribution in [0.25, 0.3) is 0 Å². The van der Waals surface area contributed by atoms with Crippen LogP contribution in [0.5, 0.6) is 5.75 Å². The Bertz CT molecular complexity index is 425. The third-order valence-corrected chi connectivity index (χ3v) is 4.10. The molecule has 0 aliphatic carbocycles. The fourth-order valence-electron chi connectivity index (χ4n) is 2.63. The van der Waals surface area contributed by atoms with E-state index in [1.165, 1.54) is 11.1 Å². The van der Waals surface area contributed by atoms with Crippen molar-refractivity contribution in [2.45, 2.75) is 32.9 Å². The molecule has 0 aromatic heterocycles. The normalized spacial score (nSPS) is 21.6. The van der Waals surface area contributed by atoms with Gasteiger partial charge in [0.05, 0.1) is 6.61 Å². The Labute approximate surface area is 108 Å². The van der Waals surface area contributed by atoms with Crippen LogP contribution in [-0.4, -0.2) is 19.8 Å². The lowest BCUT2D eigenvalue weighted by atomic mass is 9.83. The molecule has 1 saturated heterocycles. The lowest BCUT2D eigenvalue weighted by Crippen LogP contribution is -2.32. The Morgan fingerprint density at radius 3 is 2.83 bits per heavy atom. The summed E-state index contributed by atoms with van der Waals surface area (Å²) in [6.45, 7) is 6.79. The molecule has 98 valence electrons. The molecule has 3 nitrogen and oxygen atoms in total. The van der Waals surface area contributed by atoms with Gasteiger partial charge in [-0.2, -0.15) is 0 Å². The summed E-state index contributed by atoms with van der Waals surface area (Å²) in [7, 11) is 0. The van der Waals surface area contributed by atoms with Crippen molar-refractivity contribution in [3.05, 3.63) is 29.3 Å². The molecule has 0 spiro atoms. The maximum atomic E-state index is 5.99. The van der Waals surface area contributed by atoms with E-state index in [9.17, 15) is 0 Å². The van der Waals surface area contributed by atoms with Gasteiger partial charge in [0.15, 0.2) is 0 Å². The third kappa shape index (κ3) is 2.52. The fraction of sp³-hybridized carbons (Fsp3) is 0.600. The molecule has 0 saturated carbocycles. The Morgan fingerprint density at radius 1 is 1.22 bits per heavy atom. The minimum atomic E-state index is 0.273. The van der Waals surface area contributed by atoms with E-state index < -0.39 is 0 Å². The van der Waals surface area contributed by atoms with Crippen LogP contribution in [0.15, 0.2) is 18.2 Å². The van der Waals surface area contributed by atoms with Crippen LogP contribution in [0, 0.1) is 5.41 Å². The largest absolute Gasteiger partial charge is 0.493 e.